The maximum Gasteiger partial charge on any atom is 0.128 e. The van der Waals surface area contributed by atoms with Gasteiger partial charge in [0.25, 0.3) is 0 Å². The number of benzene rings is 1. The number of rotatable bonds is 1. The van der Waals surface area contributed by atoms with Crippen LogP contribution in [0.25, 0.3) is 0 Å². The van der Waals surface area contributed by atoms with E-state index in [4.69, 9.17) is 10.5 Å². The molecule has 0 radical (unpaired) electrons. The average molecular weight is 227 g/mol. The fourth-order valence-corrected chi connectivity index (χ4v) is 2.94. The molecule has 2 rings (SSSR count). The van der Waals surface area contributed by atoms with Gasteiger partial charge in [0.1, 0.15) is 11.6 Å². The Hall–Kier alpha value is -0.740. The first kappa shape index (κ1) is 10.8. The largest absolute Gasteiger partial charge is 0.496 e. The minimum atomic E-state index is -0.242. The summed E-state index contributed by atoms with van der Waals surface area (Å²) in [5, 5.41) is 0.249. The third-order valence-corrected chi connectivity index (χ3v) is 4.08. The van der Waals surface area contributed by atoms with Crippen molar-refractivity contribution in [1.29, 1.82) is 0 Å². The molecular weight excluding hydrogens is 213 g/mol. The third-order valence-electron chi connectivity index (χ3n) is 2.81. The van der Waals surface area contributed by atoms with Crippen LogP contribution in [0.3, 0.4) is 0 Å². The predicted octanol–water partition coefficient (Wildman–Crippen LogP) is 2.47. The van der Waals surface area contributed by atoms with Gasteiger partial charge in [0.15, 0.2) is 0 Å². The fraction of sp³-hybridized carbons (Fsp3) is 0.455. The van der Waals surface area contributed by atoms with Gasteiger partial charge in [-0.3, -0.25) is 0 Å². The van der Waals surface area contributed by atoms with Crippen LogP contribution in [0, 0.1) is 5.82 Å². The molecule has 2 N–H and O–H groups in total. The van der Waals surface area contributed by atoms with Crippen LogP contribution in [0.15, 0.2) is 12.1 Å². The number of nitrogens with two attached hydrogens (primary N) is 1. The highest BCUT2D eigenvalue weighted by Gasteiger charge is 2.29. The molecule has 0 saturated heterocycles. The van der Waals surface area contributed by atoms with Crippen LogP contribution in [-0.2, 0) is 5.75 Å². The molecule has 0 aromatic heterocycles. The first-order valence-corrected chi connectivity index (χ1v) is 5.92. The van der Waals surface area contributed by atoms with E-state index in [2.05, 4.69) is 0 Å². The summed E-state index contributed by atoms with van der Waals surface area (Å²) < 4.78 is 18.9. The Kier molecular flexibility index (Phi) is 2.89. The van der Waals surface area contributed by atoms with E-state index in [0.29, 0.717) is 5.56 Å². The van der Waals surface area contributed by atoms with Gasteiger partial charge in [0.05, 0.1) is 7.11 Å². The lowest BCUT2D eigenvalue weighted by molar-refractivity contribution is 0.407. The molecule has 1 heterocycles. The number of halogens is 1. The molecule has 1 aromatic carbocycles. The summed E-state index contributed by atoms with van der Waals surface area (Å²) in [5.74, 6) is 1.29. The average Bonchev–Trinajstić information content (AvgIpc) is 2.24. The maximum absolute atomic E-state index is 13.7. The smallest absolute Gasteiger partial charge is 0.128 e. The molecule has 1 aliphatic rings. The van der Waals surface area contributed by atoms with E-state index in [9.17, 15) is 4.39 Å². The predicted molar refractivity (Wildman–Crippen MR) is 60.6 cm³/mol. The number of methoxy groups -OCH3 is 1. The molecule has 15 heavy (non-hydrogen) atoms. The van der Waals surface area contributed by atoms with E-state index >= 15 is 0 Å². The maximum atomic E-state index is 13.7. The number of hydrogen-bond acceptors (Lipinski definition) is 3. The zero-order valence-electron chi connectivity index (χ0n) is 8.79. The second kappa shape index (κ2) is 4.02. The van der Waals surface area contributed by atoms with Gasteiger partial charge in [-0.25, -0.2) is 4.39 Å². The standard InChI is InChI=1S/C11H14FNOS/c1-6-11(13)10-7(5-15-6)9(14-2)4-3-8(10)12/h3-4,6,11H,5,13H2,1-2H3. The van der Waals surface area contributed by atoms with Crippen LogP contribution in [-0.4, -0.2) is 12.4 Å². The van der Waals surface area contributed by atoms with Crippen molar-refractivity contribution in [3.63, 3.8) is 0 Å². The first-order valence-electron chi connectivity index (χ1n) is 4.87. The summed E-state index contributed by atoms with van der Waals surface area (Å²) >= 11 is 1.74. The fourth-order valence-electron chi connectivity index (χ4n) is 1.87. The quantitative estimate of drug-likeness (QED) is 0.800. The Balaban J connectivity index is 2.56. The summed E-state index contributed by atoms with van der Waals surface area (Å²) in [7, 11) is 1.60. The molecule has 2 unspecified atom stereocenters. The highest BCUT2D eigenvalue weighted by atomic mass is 32.2. The molecule has 1 aliphatic heterocycles. The number of ether oxygens (including phenoxy) is 1. The lowest BCUT2D eigenvalue weighted by atomic mass is 9.97. The van der Waals surface area contributed by atoms with E-state index < -0.39 is 0 Å². The van der Waals surface area contributed by atoms with Crippen molar-refractivity contribution in [3.05, 3.63) is 29.1 Å². The van der Waals surface area contributed by atoms with Gasteiger partial charge in [-0.15, -0.1) is 0 Å². The van der Waals surface area contributed by atoms with Gasteiger partial charge in [-0.1, -0.05) is 6.92 Å². The van der Waals surface area contributed by atoms with Crippen LogP contribution < -0.4 is 10.5 Å². The van der Waals surface area contributed by atoms with E-state index in [1.807, 2.05) is 6.92 Å². The summed E-state index contributed by atoms with van der Waals surface area (Å²) in [5.41, 5.74) is 7.53. The van der Waals surface area contributed by atoms with Crippen molar-refractivity contribution in [2.24, 2.45) is 5.73 Å². The second-order valence-electron chi connectivity index (χ2n) is 3.68. The highest BCUT2D eigenvalue weighted by molar-refractivity contribution is 7.99. The number of fused-ring (bicyclic) bond motifs is 1. The molecule has 0 amide bonds. The minimum absolute atomic E-state index is 0.217. The molecule has 2 nitrogen and oxygen atoms in total. The monoisotopic (exact) mass is 227 g/mol. The first-order chi connectivity index (χ1) is 7.15. The zero-order chi connectivity index (χ0) is 11.0. The Morgan fingerprint density at radius 1 is 1.53 bits per heavy atom. The Morgan fingerprint density at radius 2 is 2.27 bits per heavy atom. The van der Waals surface area contributed by atoms with Crippen LogP contribution in [0.5, 0.6) is 5.75 Å². The minimum Gasteiger partial charge on any atom is -0.496 e. The highest BCUT2D eigenvalue weighted by Crippen LogP contribution is 2.41. The molecule has 0 spiro atoms. The lowest BCUT2D eigenvalue weighted by Crippen LogP contribution is -2.27. The van der Waals surface area contributed by atoms with Gasteiger partial charge < -0.3 is 10.5 Å². The number of thioether (sulfide) groups is 1. The van der Waals surface area contributed by atoms with Crippen LogP contribution >= 0.6 is 11.8 Å². The summed E-state index contributed by atoms with van der Waals surface area (Å²) in [4.78, 5) is 0. The van der Waals surface area contributed by atoms with Gasteiger partial charge in [0, 0.05) is 28.2 Å². The molecule has 0 fully saturated rings. The van der Waals surface area contributed by atoms with Crippen molar-refractivity contribution in [2.75, 3.05) is 7.11 Å². The summed E-state index contributed by atoms with van der Waals surface area (Å²) in [6.45, 7) is 2.02. The Bertz CT molecular complexity index is 383. The van der Waals surface area contributed by atoms with Crippen molar-refractivity contribution in [3.8, 4) is 5.75 Å². The van der Waals surface area contributed by atoms with Crippen LogP contribution in [0.1, 0.15) is 24.1 Å². The molecule has 0 aliphatic carbocycles. The van der Waals surface area contributed by atoms with Crippen LogP contribution in [0.2, 0.25) is 0 Å². The normalized spacial score (nSPS) is 24.8. The molecule has 0 saturated carbocycles. The molecule has 2 atom stereocenters. The van der Waals surface area contributed by atoms with E-state index in [1.54, 1.807) is 24.9 Å². The molecule has 82 valence electrons. The Labute approximate surface area is 93.0 Å². The molecular formula is C11H14FNOS. The lowest BCUT2D eigenvalue weighted by Gasteiger charge is -2.29. The van der Waals surface area contributed by atoms with Gasteiger partial charge in [-0.05, 0) is 12.1 Å². The van der Waals surface area contributed by atoms with Gasteiger partial charge in [-0.2, -0.15) is 11.8 Å². The van der Waals surface area contributed by atoms with E-state index in [-0.39, 0.29) is 17.1 Å². The van der Waals surface area contributed by atoms with Crippen molar-refractivity contribution < 1.29 is 9.13 Å². The van der Waals surface area contributed by atoms with Gasteiger partial charge >= 0.3 is 0 Å². The van der Waals surface area contributed by atoms with Crippen molar-refractivity contribution in [1.82, 2.24) is 0 Å². The zero-order valence-corrected chi connectivity index (χ0v) is 9.60. The second-order valence-corrected chi connectivity index (χ2v) is 5.05. The van der Waals surface area contributed by atoms with Crippen LogP contribution in [0.4, 0.5) is 4.39 Å². The summed E-state index contributed by atoms with van der Waals surface area (Å²) in [6, 6.07) is 2.85. The van der Waals surface area contributed by atoms with Crippen molar-refractivity contribution >= 4 is 11.8 Å². The van der Waals surface area contributed by atoms with E-state index in [0.717, 1.165) is 17.1 Å². The van der Waals surface area contributed by atoms with Gasteiger partial charge in [0.2, 0.25) is 0 Å². The molecule has 4 heteroatoms. The topological polar surface area (TPSA) is 35.2 Å². The molecule has 0 bridgehead atoms. The SMILES string of the molecule is COc1ccc(F)c2c1CSC(C)C2N. The third kappa shape index (κ3) is 1.72. The number of hydrogen-bond donors (Lipinski definition) is 1. The van der Waals surface area contributed by atoms with E-state index in [1.165, 1.54) is 6.07 Å². The molecule has 1 aromatic rings. The Morgan fingerprint density at radius 3 is 2.93 bits per heavy atom. The van der Waals surface area contributed by atoms with Crippen molar-refractivity contribution in [2.45, 2.75) is 24.0 Å². The summed E-state index contributed by atoms with van der Waals surface area (Å²) in [6.07, 6.45) is 0.